The molecule has 0 saturated carbocycles. The van der Waals surface area contributed by atoms with Crippen LogP contribution in [0.1, 0.15) is 0 Å². The highest BCUT2D eigenvalue weighted by atomic mass is 15.1. The van der Waals surface area contributed by atoms with Crippen LogP contribution in [0.3, 0.4) is 0 Å². The molecule has 4 aromatic heterocycles. The summed E-state index contributed by atoms with van der Waals surface area (Å²) in [7, 11) is 0. The van der Waals surface area contributed by atoms with Gasteiger partial charge in [0, 0.05) is 33.6 Å². The van der Waals surface area contributed by atoms with Gasteiger partial charge in [-0.1, -0.05) is 115 Å². The van der Waals surface area contributed by atoms with Gasteiger partial charge in [0.2, 0.25) is 0 Å². The van der Waals surface area contributed by atoms with Crippen molar-refractivity contribution in [2.75, 3.05) is 0 Å². The van der Waals surface area contributed by atoms with Crippen molar-refractivity contribution in [2.24, 2.45) is 0 Å². The Hall–Kier alpha value is -6.78. The van der Waals surface area contributed by atoms with Crippen LogP contribution in [-0.4, -0.2) is 19.1 Å². The van der Waals surface area contributed by atoms with E-state index in [1.54, 1.807) is 0 Å². The molecule has 0 atom stereocenters. The van der Waals surface area contributed by atoms with Gasteiger partial charge in [0.15, 0.2) is 0 Å². The largest absolute Gasteiger partial charge is 0.309 e. The summed E-state index contributed by atoms with van der Waals surface area (Å²) in [6.45, 7) is 0. The van der Waals surface area contributed by atoms with E-state index in [0.29, 0.717) is 0 Å². The van der Waals surface area contributed by atoms with Crippen LogP contribution in [-0.2, 0) is 0 Å². The van der Waals surface area contributed by atoms with Crippen LogP contribution in [0.15, 0.2) is 182 Å². The molecule has 0 saturated heterocycles. The highest BCUT2D eigenvalue weighted by Crippen LogP contribution is 2.41. The van der Waals surface area contributed by atoms with Crippen LogP contribution in [0.25, 0.3) is 88.8 Å². The summed E-state index contributed by atoms with van der Waals surface area (Å²) in [6, 6.07) is 62.3. The number of benzene rings is 6. The maximum atomic E-state index is 5.29. The number of pyridine rings is 2. The van der Waals surface area contributed by atoms with Crippen LogP contribution in [0.4, 0.5) is 0 Å². The molecule has 234 valence electrons. The molecule has 6 aromatic carbocycles. The van der Waals surface area contributed by atoms with Crippen molar-refractivity contribution >= 4 is 43.7 Å². The zero-order chi connectivity index (χ0) is 33.0. The number of aromatic nitrogens is 4. The van der Waals surface area contributed by atoms with Gasteiger partial charge in [0.25, 0.3) is 0 Å². The standard InChI is InChI=1S/C46H30N4/c1-4-14-31(15-5-1)34-29-39(32-16-6-2-7-17-32)48-44(30-34)50-41-26-25-33(28-38(41)46-43(50)24-13-27-47-46)36-21-12-23-42-45(36)37-20-10-11-22-40(37)49(42)35-18-8-3-9-19-35/h1-30H. The summed E-state index contributed by atoms with van der Waals surface area (Å²) in [5, 5.41) is 3.57. The summed E-state index contributed by atoms with van der Waals surface area (Å²) in [4.78, 5) is 10.2. The minimum Gasteiger partial charge on any atom is -0.309 e. The van der Waals surface area contributed by atoms with E-state index in [1.165, 1.54) is 27.4 Å². The van der Waals surface area contributed by atoms with Crippen LogP contribution in [0, 0.1) is 0 Å². The van der Waals surface area contributed by atoms with Gasteiger partial charge < -0.3 is 4.57 Å². The fourth-order valence-corrected chi connectivity index (χ4v) is 7.55. The molecule has 0 spiro atoms. The van der Waals surface area contributed by atoms with Crippen molar-refractivity contribution in [3.63, 3.8) is 0 Å². The minimum atomic E-state index is 0.860. The van der Waals surface area contributed by atoms with E-state index in [4.69, 9.17) is 9.97 Å². The van der Waals surface area contributed by atoms with Gasteiger partial charge in [-0.25, -0.2) is 4.98 Å². The van der Waals surface area contributed by atoms with E-state index in [2.05, 4.69) is 173 Å². The first kappa shape index (κ1) is 28.3. The molecule has 0 amide bonds. The van der Waals surface area contributed by atoms with Gasteiger partial charge in [-0.15, -0.1) is 0 Å². The Morgan fingerprint density at radius 3 is 1.90 bits per heavy atom. The number of hydrogen-bond donors (Lipinski definition) is 0. The van der Waals surface area contributed by atoms with Gasteiger partial charge in [-0.3, -0.25) is 9.55 Å². The fourth-order valence-electron chi connectivity index (χ4n) is 7.55. The molecule has 0 unspecified atom stereocenters. The molecule has 0 fully saturated rings. The first-order valence-electron chi connectivity index (χ1n) is 16.9. The van der Waals surface area contributed by atoms with Gasteiger partial charge in [0.1, 0.15) is 5.82 Å². The number of hydrogen-bond acceptors (Lipinski definition) is 2. The molecule has 0 N–H and O–H groups in total. The normalized spacial score (nSPS) is 11.6. The second kappa shape index (κ2) is 11.4. The number of nitrogens with zero attached hydrogens (tertiary/aromatic N) is 4. The highest BCUT2D eigenvalue weighted by molar-refractivity contribution is 6.17. The first-order valence-corrected chi connectivity index (χ1v) is 16.9. The molecule has 50 heavy (non-hydrogen) atoms. The molecule has 4 nitrogen and oxygen atoms in total. The van der Waals surface area contributed by atoms with Gasteiger partial charge in [-0.2, -0.15) is 0 Å². The van der Waals surface area contributed by atoms with E-state index < -0.39 is 0 Å². The molecule has 0 aliphatic heterocycles. The lowest BCUT2D eigenvalue weighted by Gasteiger charge is -2.13. The lowest BCUT2D eigenvalue weighted by Crippen LogP contribution is -2.00. The van der Waals surface area contributed by atoms with Gasteiger partial charge in [-0.05, 0) is 82.9 Å². The van der Waals surface area contributed by atoms with Crippen LogP contribution < -0.4 is 0 Å². The summed E-state index contributed by atoms with van der Waals surface area (Å²) >= 11 is 0. The quantitative estimate of drug-likeness (QED) is 0.188. The first-order chi connectivity index (χ1) is 24.8. The lowest BCUT2D eigenvalue weighted by atomic mass is 9.98. The van der Waals surface area contributed by atoms with E-state index in [1.807, 2.05) is 18.3 Å². The SMILES string of the molecule is c1ccc(-c2cc(-c3ccccc3)nc(-n3c4ccc(-c5cccc6c5c5ccccc5n6-c5ccccc5)cc4c4ncccc43)c2)cc1. The molecule has 10 aromatic rings. The van der Waals surface area contributed by atoms with E-state index in [0.717, 1.165) is 61.4 Å². The topological polar surface area (TPSA) is 35.6 Å². The van der Waals surface area contributed by atoms with E-state index in [9.17, 15) is 0 Å². The Morgan fingerprint density at radius 1 is 0.400 bits per heavy atom. The third-order valence-electron chi connectivity index (χ3n) is 9.76. The maximum Gasteiger partial charge on any atom is 0.138 e. The Kier molecular flexibility index (Phi) is 6.46. The Bertz CT molecular complexity index is 2790. The molecule has 4 heterocycles. The second-order valence-corrected chi connectivity index (χ2v) is 12.7. The smallest absolute Gasteiger partial charge is 0.138 e. The summed E-state index contributed by atoms with van der Waals surface area (Å²) < 4.78 is 4.64. The predicted molar refractivity (Wildman–Crippen MR) is 207 cm³/mol. The molecule has 0 radical (unpaired) electrons. The number of rotatable bonds is 5. The minimum absolute atomic E-state index is 0.860. The van der Waals surface area contributed by atoms with Gasteiger partial charge >= 0.3 is 0 Å². The van der Waals surface area contributed by atoms with Crippen molar-refractivity contribution in [1.82, 2.24) is 19.1 Å². The predicted octanol–water partition coefficient (Wildman–Crippen LogP) is 11.7. The molecule has 0 aliphatic carbocycles. The molecular formula is C46H30N4. The van der Waals surface area contributed by atoms with E-state index >= 15 is 0 Å². The molecule has 4 heteroatoms. The molecule has 0 aliphatic rings. The Morgan fingerprint density at radius 2 is 1.08 bits per heavy atom. The Balaban J connectivity index is 1.22. The molecular weight excluding hydrogens is 609 g/mol. The number of fused-ring (bicyclic) bond motifs is 6. The lowest BCUT2D eigenvalue weighted by molar-refractivity contribution is 1.08. The summed E-state index contributed by atoms with van der Waals surface area (Å²) in [6.07, 6.45) is 1.89. The number of para-hydroxylation sites is 2. The van der Waals surface area contributed by atoms with Gasteiger partial charge in [0.05, 0.1) is 33.3 Å². The second-order valence-electron chi connectivity index (χ2n) is 12.7. The monoisotopic (exact) mass is 638 g/mol. The average molecular weight is 639 g/mol. The average Bonchev–Trinajstić information content (AvgIpc) is 3.71. The zero-order valence-corrected chi connectivity index (χ0v) is 27.1. The third kappa shape index (κ3) is 4.46. The maximum absolute atomic E-state index is 5.29. The zero-order valence-electron chi connectivity index (χ0n) is 27.1. The van der Waals surface area contributed by atoms with Crippen molar-refractivity contribution in [3.8, 4) is 45.0 Å². The van der Waals surface area contributed by atoms with Crippen LogP contribution in [0.2, 0.25) is 0 Å². The van der Waals surface area contributed by atoms with Crippen molar-refractivity contribution < 1.29 is 0 Å². The third-order valence-corrected chi connectivity index (χ3v) is 9.76. The summed E-state index contributed by atoms with van der Waals surface area (Å²) in [5.74, 6) is 0.860. The van der Waals surface area contributed by atoms with Crippen molar-refractivity contribution in [3.05, 3.63) is 182 Å². The molecule has 0 bridgehead atoms. The highest BCUT2D eigenvalue weighted by Gasteiger charge is 2.20. The van der Waals surface area contributed by atoms with Crippen LogP contribution in [0.5, 0.6) is 0 Å². The van der Waals surface area contributed by atoms with Crippen molar-refractivity contribution in [2.45, 2.75) is 0 Å². The molecule has 10 rings (SSSR count). The van der Waals surface area contributed by atoms with E-state index in [-0.39, 0.29) is 0 Å². The Labute approximate surface area is 289 Å². The van der Waals surface area contributed by atoms with Crippen molar-refractivity contribution in [1.29, 1.82) is 0 Å². The van der Waals surface area contributed by atoms with Crippen LogP contribution >= 0.6 is 0 Å². The fraction of sp³-hybridized carbons (Fsp3) is 0. The summed E-state index contributed by atoms with van der Waals surface area (Å²) in [5.41, 5.74) is 13.2.